The third-order valence-electron chi connectivity index (χ3n) is 3.65. The number of nitrogens with zero attached hydrogens (tertiary/aromatic N) is 4. The number of hydrogen-bond acceptors (Lipinski definition) is 4. The molecule has 0 radical (unpaired) electrons. The third-order valence-corrected chi connectivity index (χ3v) is 3.65. The summed E-state index contributed by atoms with van der Waals surface area (Å²) in [5.74, 6) is 0. The lowest BCUT2D eigenvalue weighted by Gasteiger charge is -2.34. The van der Waals surface area contributed by atoms with Crippen molar-refractivity contribution in [3.63, 3.8) is 0 Å². The molecule has 1 fully saturated rings. The van der Waals surface area contributed by atoms with Crippen molar-refractivity contribution < 1.29 is 0 Å². The number of piperazine rings is 1. The van der Waals surface area contributed by atoms with Crippen molar-refractivity contribution in [3.8, 4) is 0 Å². The lowest BCUT2D eigenvalue weighted by atomic mass is 10.2. The fraction of sp³-hybridized carbons (Fsp3) is 0.750. The van der Waals surface area contributed by atoms with Crippen LogP contribution < -0.4 is 5.73 Å². The van der Waals surface area contributed by atoms with Crippen LogP contribution in [0.4, 0.5) is 0 Å². The molecule has 1 aliphatic heterocycles. The number of nitrogens with two attached hydrogens (primary N) is 1. The van der Waals surface area contributed by atoms with E-state index in [1.54, 1.807) is 0 Å². The van der Waals surface area contributed by atoms with Crippen LogP contribution in [0.2, 0.25) is 0 Å². The Morgan fingerprint density at radius 3 is 2.47 bits per heavy atom. The van der Waals surface area contributed by atoms with Crippen molar-refractivity contribution in [2.45, 2.75) is 20.0 Å². The SMILES string of the molecule is CCN1CCN(Cc2c(CN)cnn2C)CC1. The number of likely N-dealkylation sites (N-methyl/N-ethyl adjacent to an activating group) is 1. The van der Waals surface area contributed by atoms with Crippen molar-refractivity contribution in [2.24, 2.45) is 12.8 Å². The van der Waals surface area contributed by atoms with E-state index in [0.29, 0.717) is 6.54 Å². The van der Waals surface area contributed by atoms with Crippen molar-refractivity contribution >= 4 is 0 Å². The van der Waals surface area contributed by atoms with Gasteiger partial charge in [0.2, 0.25) is 0 Å². The summed E-state index contributed by atoms with van der Waals surface area (Å²) < 4.78 is 1.95. The third kappa shape index (κ3) is 2.86. The summed E-state index contributed by atoms with van der Waals surface area (Å²) in [6, 6.07) is 0. The number of hydrogen-bond donors (Lipinski definition) is 1. The molecule has 0 aliphatic carbocycles. The van der Waals surface area contributed by atoms with Crippen molar-refractivity contribution in [3.05, 3.63) is 17.5 Å². The second-order valence-corrected chi connectivity index (χ2v) is 4.65. The molecule has 0 atom stereocenters. The first-order chi connectivity index (χ1) is 8.24. The molecule has 2 N–H and O–H groups in total. The second-order valence-electron chi connectivity index (χ2n) is 4.65. The highest BCUT2D eigenvalue weighted by Crippen LogP contribution is 2.12. The maximum Gasteiger partial charge on any atom is 0.0565 e. The average Bonchev–Trinajstić information content (AvgIpc) is 2.71. The van der Waals surface area contributed by atoms with Gasteiger partial charge in [-0.3, -0.25) is 9.58 Å². The van der Waals surface area contributed by atoms with E-state index in [1.165, 1.54) is 24.3 Å². The van der Waals surface area contributed by atoms with E-state index in [2.05, 4.69) is 21.8 Å². The molecule has 0 amide bonds. The van der Waals surface area contributed by atoms with Crippen LogP contribution in [0, 0.1) is 0 Å². The Balaban J connectivity index is 1.95. The standard InChI is InChI=1S/C12H23N5/c1-3-16-4-6-17(7-5-16)10-12-11(8-13)9-14-15(12)2/h9H,3-8,10,13H2,1-2H3. The molecule has 0 saturated carbocycles. The van der Waals surface area contributed by atoms with Crippen LogP contribution in [0.1, 0.15) is 18.2 Å². The normalized spacial score (nSPS) is 18.8. The van der Waals surface area contributed by atoms with E-state index in [1.807, 2.05) is 17.9 Å². The summed E-state index contributed by atoms with van der Waals surface area (Å²) in [6.07, 6.45) is 1.89. The van der Waals surface area contributed by atoms with Gasteiger partial charge in [-0.15, -0.1) is 0 Å². The zero-order valence-corrected chi connectivity index (χ0v) is 10.9. The lowest BCUT2D eigenvalue weighted by molar-refractivity contribution is 0.129. The van der Waals surface area contributed by atoms with Crippen molar-refractivity contribution in [1.82, 2.24) is 19.6 Å². The molecule has 0 spiro atoms. The Kier molecular flexibility index (Phi) is 4.15. The minimum Gasteiger partial charge on any atom is -0.326 e. The van der Waals surface area contributed by atoms with Gasteiger partial charge in [0, 0.05) is 51.9 Å². The molecule has 2 rings (SSSR count). The van der Waals surface area contributed by atoms with Crippen molar-refractivity contribution in [2.75, 3.05) is 32.7 Å². The largest absolute Gasteiger partial charge is 0.326 e. The van der Waals surface area contributed by atoms with E-state index < -0.39 is 0 Å². The molecular weight excluding hydrogens is 214 g/mol. The van der Waals surface area contributed by atoms with Gasteiger partial charge in [-0.2, -0.15) is 5.10 Å². The van der Waals surface area contributed by atoms with Gasteiger partial charge < -0.3 is 10.6 Å². The molecule has 0 unspecified atom stereocenters. The summed E-state index contributed by atoms with van der Waals surface area (Å²) >= 11 is 0. The Morgan fingerprint density at radius 2 is 1.88 bits per heavy atom. The molecule has 17 heavy (non-hydrogen) atoms. The van der Waals surface area contributed by atoms with Crippen LogP contribution in [-0.2, 0) is 20.1 Å². The van der Waals surface area contributed by atoms with Gasteiger partial charge in [-0.05, 0) is 6.54 Å². The average molecular weight is 237 g/mol. The minimum atomic E-state index is 0.581. The zero-order chi connectivity index (χ0) is 12.3. The summed E-state index contributed by atoms with van der Waals surface area (Å²) in [5, 5.41) is 4.28. The highest BCUT2D eigenvalue weighted by molar-refractivity contribution is 5.17. The summed E-state index contributed by atoms with van der Waals surface area (Å²) in [4.78, 5) is 4.98. The van der Waals surface area contributed by atoms with Crippen molar-refractivity contribution in [1.29, 1.82) is 0 Å². The molecule has 1 saturated heterocycles. The molecule has 0 aromatic carbocycles. The first-order valence-electron chi connectivity index (χ1n) is 6.39. The minimum absolute atomic E-state index is 0.581. The Hall–Kier alpha value is -0.910. The van der Waals surface area contributed by atoms with E-state index in [9.17, 15) is 0 Å². The van der Waals surface area contributed by atoms with E-state index in [-0.39, 0.29) is 0 Å². The van der Waals surface area contributed by atoms with Gasteiger partial charge in [0.05, 0.1) is 11.9 Å². The maximum atomic E-state index is 5.73. The molecule has 5 nitrogen and oxygen atoms in total. The molecule has 5 heteroatoms. The Morgan fingerprint density at radius 1 is 1.24 bits per heavy atom. The van der Waals surface area contributed by atoms with E-state index in [0.717, 1.165) is 26.2 Å². The predicted octanol–water partition coefficient (Wildman–Crippen LogP) is 0.0163. The Bertz CT molecular complexity index is 352. The molecule has 0 bridgehead atoms. The first-order valence-corrected chi connectivity index (χ1v) is 6.39. The van der Waals surface area contributed by atoms with E-state index >= 15 is 0 Å². The number of rotatable bonds is 4. The van der Waals surface area contributed by atoms with Gasteiger partial charge in [-0.1, -0.05) is 6.92 Å². The summed E-state index contributed by atoms with van der Waals surface area (Å²) in [5.41, 5.74) is 8.17. The molecule has 96 valence electrons. The van der Waals surface area contributed by atoms with Crippen LogP contribution in [0.3, 0.4) is 0 Å². The summed E-state index contributed by atoms with van der Waals surface area (Å²) in [6.45, 7) is 9.57. The highest BCUT2D eigenvalue weighted by atomic mass is 15.3. The monoisotopic (exact) mass is 237 g/mol. The second kappa shape index (κ2) is 5.62. The van der Waals surface area contributed by atoms with Crippen LogP contribution in [-0.4, -0.2) is 52.3 Å². The molecule has 1 aliphatic rings. The fourth-order valence-corrected chi connectivity index (χ4v) is 2.36. The molecular formula is C12H23N5. The lowest BCUT2D eigenvalue weighted by Crippen LogP contribution is -2.45. The van der Waals surface area contributed by atoms with Crippen LogP contribution >= 0.6 is 0 Å². The smallest absolute Gasteiger partial charge is 0.0565 e. The number of aromatic nitrogens is 2. The summed E-state index contributed by atoms with van der Waals surface area (Å²) in [7, 11) is 2.00. The van der Waals surface area contributed by atoms with Crippen LogP contribution in [0.15, 0.2) is 6.20 Å². The van der Waals surface area contributed by atoms with Gasteiger partial charge in [0.1, 0.15) is 0 Å². The van der Waals surface area contributed by atoms with Gasteiger partial charge >= 0.3 is 0 Å². The molecule has 2 heterocycles. The topological polar surface area (TPSA) is 50.3 Å². The van der Waals surface area contributed by atoms with Crippen LogP contribution in [0.5, 0.6) is 0 Å². The van der Waals surface area contributed by atoms with Crippen LogP contribution in [0.25, 0.3) is 0 Å². The quantitative estimate of drug-likeness (QED) is 0.802. The molecule has 1 aromatic rings. The maximum absolute atomic E-state index is 5.73. The van der Waals surface area contributed by atoms with E-state index in [4.69, 9.17) is 5.73 Å². The van der Waals surface area contributed by atoms with Gasteiger partial charge in [0.15, 0.2) is 0 Å². The van der Waals surface area contributed by atoms with Gasteiger partial charge in [-0.25, -0.2) is 0 Å². The van der Waals surface area contributed by atoms with Gasteiger partial charge in [0.25, 0.3) is 0 Å². The first kappa shape index (κ1) is 12.5. The highest BCUT2D eigenvalue weighted by Gasteiger charge is 2.18. The predicted molar refractivity (Wildman–Crippen MR) is 68.5 cm³/mol. The Labute approximate surface area is 103 Å². The molecule has 1 aromatic heterocycles. The zero-order valence-electron chi connectivity index (χ0n) is 10.9. The number of aryl methyl sites for hydroxylation is 1. The fourth-order valence-electron chi connectivity index (χ4n) is 2.36.